The molecule has 0 unspecified atom stereocenters. The molecule has 0 fully saturated rings. The largest absolute Gasteiger partial charge is 0.392 e. The Morgan fingerprint density at radius 2 is 1.86 bits per heavy atom. The molecule has 0 amide bonds. The highest BCUT2D eigenvalue weighted by Gasteiger charge is 2.06. The Morgan fingerprint density at radius 1 is 1.07 bits per heavy atom. The van der Waals surface area contributed by atoms with Gasteiger partial charge < -0.3 is 15.7 Å². The Hall–Kier alpha value is -1.39. The lowest BCUT2D eigenvalue weighted by Gasteiger charge is -2.14. The number of aliphatic imine (C=N–C) groups is 1. The van der Waals surface area contributed by atoms with Crippen molar-refractivity contribution in [2.45, 2.75) is 32.4 Å². The van der Waals surface area contributed by atoms with Crippen LogP contribution in [0.5, 0.6) is 0 Å². The fraction of sp³-hybridized carbons (Fsp3) is 0.350. The van der Waals surface area contributed by atoms with Gasteiger partial charge in [-0.05, 0) is 54.1 Å². The average molecular weight is 521 g/mol. The summed E-state index contributed by atoms with van der Waals surface area (Å²) < 4.78 is 27.0. The van der Waals surface area contributed by atoms with E-state index in [2.05, 4.69) is 15.6 Å². The van der Waals surface area contributed by atoms with Crippen LogP contribution in [0.2, 0.25) is 0 Å². The number of halogens is 3. The molecule has 2 aromatic rings. The van der Waals surface area contributed by atoms with Crippen LogP contribution < -0.4 is 10.6 Å². The number of hydrogen-bond donors (Lipinski definition) is 3. The summed E-state index contributed by atoms with van der Waals surface area (Å²) in [5, 5.41) is 15.6. The molecule has 0 aliphatic carbocycles. The molecule has 4 nitrogen and oxygen atoms in total. The van der Waals surface area contributed by atoms with Gasteiger partial charge in [-0.25, -0.2) is 13.8 Å². The highest BCUT2D eigenvalue weighted by Crippen LogP contribution is 2.17. The van der Waals surface area contributed by atoms with Crippen molar-refractivity contribution in [3.8, 4) is 0 Å². The molecule has 0 bridgehead atoms. The van der Waals surface area contributed by atoms with Gasteiger partial charge in [-0.15, -0.1) is 24.0 Å². The summed E-state index contributed by atoms with van der Waals surface area (Å²) in [5.41, 5.74) is 3.04. The topological polar surface area (TPSA) is 56.7 Å². The molecule has 2 rings (SSSR count). The van der Waals surface area contributed by atoms with Gasteiger partial charge in [0, 0.05) is 24.4 Å². The number of hydrogen-bond acceptors (Lipinski definition) is 3. The number of benzene rings is 2. The van der Waals surface area contributed by atoms with E-state index in [4.69, 9.17) is 0 Å². The Kier molecular flexibility index (Phi) is 11.4. The zero-order valence-corrected chi connectivity index (χ0v) is 19.1. The van der Waals surface area contributed by atoms with Crippen LogP contribution >= 0.6 is 35.7 Å². The SMILES string of the molecule is CCNC(=NCc1ccc(F)c(CO)c1)NCc1ccc(F)cc1CSC.I. The summed E-state index contributed by atoms with van der Waals surface area (Å²) in [5.74, 6) is 0.696. The summed E-state index contributed by atoms with van der Waals surface area (Å²) in [4.78, 5) is 4.51. The van der Waals surface area contributed by atoms with Crippen molar-refractivity contribution >= 4 is 41.7 Å². The van der Waals surface area contributed by atoms with E-state index >= 15 is 0 Å². The third-order valence-corrected chi connectivity index (χ3v) is 4.56. The van der Waals surface area contributed by atoms with Crippen molar-refractivity contribution in [1.82, 2.24) is 10.6 Å². The molecule has 0 heterocycles. The molecule has 154 valence electrons. The maximum atomic E-state index is 13.5. The second-order valence-electron chi connectivity index (χ2n) is 5.98. The Balaban J connectivity index is 0.00000392. The van der Waals surface area contributed by atoms with Gasteiger partial charge in [0.05, 0.1) is 13.2 Å². The van der Waals surface area contributed by atoms with Crippen LogP contribution in [0.15, 0.2) is 41.4 Å². The van der Waals surface area contributed by atoms with E-state index in [1.165, 1.54) is 12.1 Å². The van der Waals surface area contributed by atoms with Crippen LogP contribution in [0, 0.1) is 11.6 Å². The second-order valence-corrected chi connectivity index (χ2v) is 6.84. The van der Waals surface area contributed by atoms with Gasteiger partial charge in [0.1, 0.15) is 11.6 Å². The summed E-state index contributed by atoms with van der Waals surface area (Å²) in [6.07, 6.45) is 1.98. The molecule has 0 saturated carbocycles. The minimum Gasteiger partial charge on any atom is -0.392 e. The monoisotopic (exact) mass is 521 g/mol. The fourth-order valence-corrected chi connectivity index (χ4v) is 3.18. The summed E-state index contributed by atoms with van der Waals surface area (Å²) in [6.45, 7) is 3.19. The van der Waals surface area contributed by atoms with E-state index in [0.717, 1.165) is 22.4 Å². The van der Waals surface area contributed by atoms with E-state index in [1.54, 1.807) is 36.0 Å². The predicted octanol–water partition coefficient (Wildman–Crippen LogP) is 4.19. The summed E-state index contributed by atoms with van der Waals surface area (Å²) >= 11 is 1.64. The van der Waals surface area contributed by atoms with Crippen molar-refractivity contribution in [1.29, 1.82) is 0 Å². The maximum Gasteiger partial charge on any atom is 0.191 e. The highest BCUT2D eigenvalue weighted by molar-refractivity contribution is 14.0. The Bertz CT molecular complexity index is 790. The highest BCUT2D eigenvalue weighted by atomic mass is 127. The lowest BCUT2D eigenvalue weighted by atomic mass is 10.1. The molecule has 0 radical (unpaired) electrons. The molecule has 28 heavy (non-hydrogen) atoms. The van der Waals surface area contributed by atoms with Crippen LogP contribution in [0.1, 0.15) is 29.2 Å². The molecule has 0 aliphatic heterocycles. The molecule has 8 heteroatoms. The molecule has 0 atom stereocenters. The van der Waals surface area contributed by atoms with Crippen LogP contribution in [-0.4, -0.2) is 23.9 Å². The van der Waals surface area contributed by atoms with Crippen LogP contribution in [-0.2, 0) is 25.4 Å². The number of thioether (sulfide) groups is 1. The minimum atomic E-state index is -0.423. The van der Waals surface area contributed by atoms with Gasteiger partial charge in [0.25, 0.3) is 0 Å². The van der Waals surface area contributed by atoms with Crippen molar-refractivity contribution in [2.24, 2.45) is 4.99 Å². The van der Waals surface area contributed by atoms with Gasteiger partial charge >= 0.3 is 0 Å². The number of rotatable bonds is 8. The van der Waals surface area contributed by atoms with E-state index in [9.17, 15) is 13.9 Å². The van der Waals surface area contributed by atoms with Gasteiger partial charge in [-0.2, -0.15) is 11.8 Å². The van der Waals surface area contributed by atoms with Gasteiger partial charge in [0.15, 0.2) is 5.96 Å². The van der Waals surface area contributed by atoms with Gasteiger partial charge in [-0.1, -0.05) is 12.1 Å². The number of nitrogens with zero attached hydrogens (tertiary/aromatic N) is 1. The summed E-state index contributed by atoms with van der Waals surface area (Å²) in [6, 6.07) is 9.40. The van der Waals surface area contributed by atoms with Gasteiger partial charge in [-0.3, -0.25) is 0 Å². The minimum absolute atomic E-state index is 0. The molecule has 2 aromatic carbocycles. The van der Waals surface area contributed by atoms with Crippen LogP contribution in [0.4, 0.5) is 8.78 Å². The first-order valence-electron chi connectivity index (χ1n) is 8.74. The van der Waals surface area contributed by atoms with E-state index in [-0.39, 0.29) is 42.0 Å². The smallest absolute Gasteiger partial charge is 0.191 e. The molecular formula is C20H26F2IN3OS. The third-order valence-electron chi connectivity index (χ3n) is 3.96. The van der Waals surface area contributed by atoms with E-state index in [0.29, 0.717) is 25.6 Å². The number of nitrogens with one attached hydrogen (secondary N) is 2. The number of aliphatic hydroxyl groups is 1. The lowest BCUT2D eigenvalue weighted by Crippen LogP contribution is -2.37. The zero-order valence-electron chi connectivity index (χ0n) is 16.0. The van der Waals surface area contributed by atoms with Crippen LogP contribution in [0.3, 0.4) is 0 Å². The first kappa shape index (κ1) is 24.6. The predicted molar refractivity (Wildman–Crippen MR) is 123 cm³/mol. The molecular weight excluding hydrogens is 495 g/mol. The fourth-order valence-electron chi connectivity index (χ4n) is 2.60. The molecule has 0 saturated heterocycles. The van der Waals surface area contributed by atoms with Crippen molar-refractivity contribution in [3.63, 3.8) is 0 Å². The number of guanidine groups is 1. The lowest BCUT2D eigenvalue weighted by molar-refractivity contribution is 0.275. The Labute approximate surface area is 186 Å². The van der Waals surface area contributed by atoms with Crippen molar-refractivity contribution in [2.75, 3.05) is 12.8 Å². The standard InChI is InChI=1S/C20H25F2N3OS.HI/c1-3-23-20(24-10-14-4-7-19(22)16(8-14)12-26)25-11-15-5-6-18(21)9-17(15)13-27-2;/h4-9,26H,3,10-13H2,1-2H3,(H2,23,24,25);1H. The van der Waals surface area contributed by atoms with Gasteiger partial charge in [0.2, 0.25) is 0 Å². The quantitative estimate of drug-likeness (QED) is 0.277. The zero-order chi connectivity index (χ0) is 19.6. The molecule has 0 spiro atoms. The molecule has 3 N–H and O–H groups in total. The Morgan fingerprint density at radius 3 is 2.54 bits per heavy atom. The molecule has 0 aromatic heterocycles. The van der Waals surface area contributed by atoms with E-state index in [1.807, 2.05) is 13.2 Å². The van der Waals surface area contributed by atoms with Crippen LogP contribution in [0.25, 0.3) is 0 Å². The summed E-state index contributed by atoms with van der Waals surface area (Å²) in [7, 11) is 0. The first-order valence-corrected chi connectivity index (χ1v) is 10.1. The van der Waals surface area contributed by atoms with Crippen molar-refractivity contribution < 1.29 is 13.9 Å². The van der Waals surface area contributed by atoms with E-state index < -0.39 is 5.82 Å². The normalized spacial score (nSPS) is 11.1. The maximum absolute atomic E-state index is 13.5. The first-order chi connectivity index (χ1) is 13.1. The average Bonchev–Trinajstić information content (AvgIpc) is 2.66. The third kappa shape index (κ3) is 7.56. The molecule has 0 aliphatic rings. The van der Waals surface area contributed by atoms with Crippen molar-refractivity contribution in [3.05, 3.63) is 70.3 Å². The second kappa shape index (κ2) is 12.9. The number of aliphatic hydroxyl groups excluding tert-OH is 1.